The normalized spacial score (nSPS) is 11.8. The van der Waals surface area contributed by atoms with Crippen LogP contribution < -0.4 is 5.32 Å². The van der Waals surface area contributed by atoms with Crippen molar-refractivity contribution in [3.63, 3.8) is 0 Å². The van der Waals surface area contributed by atoms with Crippen LogP contribution in [-0.4, -0.2) is 52.0 Å². The number of methoxy groups -OCH3 is 1. The SMILES string of the molecule is COCCNC(=O)C(c1ccc(Cl)cc1)N(Cc1ccccc1)C(=O)Cn1nnc2ccccc21. The lowest BCUT2D eigenvalue weighted by atomic mass is 10.0. The molecule has 3 aromatic carbocycles. The van der Waals surface area contributed by atoms with Gasteiger partial charge in [-0.1, -0.05) is 71.4 Å². The van der Waals surface area contributed by atoms with Gasteiger partial charge in [0.05, 0.1) is 12.1 Å². The van der Waals surface area contributed by atoms with Crippen molar-refractivity contribution < 1.29 is 14.3 Å². The molecule has 0 aliphatic heterocycles. The smallest absolute Gasteiger partial charge is 0.247 e. The first-order valence-corrected chi connectivity index (χ1v) is 11.6. The number of carbonyl (C=O) groups is 2. The highest BCUT2D eigenvalue weighted by Gasteiger charge is 2.32. The molecule has 4 rings (SSSR count). The van der Waals surface area contributed by atoms with E-state index < -0.39 is 6.04 Å². The quantitative estimate of drug-likeness (QED) is 0.342. The van der Waals surface area contributed by atoms with Crippen molar-refractivity contribution in [2.75, 3.05) is 20.3 Å². The Morgan fingerprint density at radius 2 is 1.74 bits per heavy atom. The predicted octanol–water partition coefficient (Wildman–Crippen LogP) is 3.62. The molecule has 0 aliphatic carbocycles. The zero-order valence-electron chi connectivity index (χ0n) is 19.3. The summed E-state index contributed by atoms with van der Waals surface area (Å²) in [6.45, 7) is 0.844. The van der Waals surface area contributed by atoms with Gasteiger partial charge in [-0.15, -0.1) is 5.10 Å². The molecule has 0 saturated heterocycles. The minimum Gasteiger partial charge on any atom is -0.383 e. The largest absolute Gasteiger partial charge is 0.383 e. The van der Waals surface area contributed by atoms with Gasteiger partial charge in [-0.3, -0.25) is 9.59 Å². The lowest BCUT2D eigenvalue weighted by Crippen LogP contribution is -2.45. The van der Waals surface area contributed by atoms with Crippen LogP contribution in [0.25, 0.3) is 11.0 Å². The Bertz CT molecular complexity index is 1280. The number of halogens is 1. The van der Waals surface area contributed by atoms with Gasteiger partial charge in [-0.05, 0) is 35.4 Å². The molecule has 4 aromatic rings. The Labute approximate surface area is 208 Å². The summed E-state index contributed by atoms with van der Waals surface area (Å²) in [5.74, 6) is -0.580. The zero-order chi connectivity index (χ0) is 24.6. The number of para-hydroxylation sites is 1. The first-order valence-electron chi connectivity index (χ1n) is 11.2. The van der Waals surface area contributed by atoms with Crippen LogP contribution in [0, 0.1) is 0 Å². The highest BCUT2D eigenvalue weighted by atomic mass is 35.5. The standard InChI is InChI=1S/C26H26ClN5O3/c1-35-16-15-28-26(34)25(20-11-13-21(27)14-12-20)31(17-19-7-3-2-4-8-19)24(33)18-32-23-10-6-5-9-22(23)29-30-32/h2-14,25H,15-18H2,1H3,(H,28,34). The van der Waals surface area contributed by atoms with Gasteiger partial charge in [0.15, 0.2) is 0 Å². The molecule has 1 unspecified atom stereocenters. The Balaban J connectivity index is 1.71. The van der Waals surface area contributed by atoms with E-state index in [1.807, 2.05) is 54.6 Å². The molecular formula is C26H26ClN5O3. The van der Waals surface area contributed by atoms with Gasteiger partial charge in [0.2, 0.25) is 11.8 Å². The number of rotatable bonds is 10. The van der Waals surface area contributed by atoms with Gasteiger partial charge >= 0.3 is 0 Å². The summed E-state index contributed by atoms with van der Waals surface area (Å²) in [5.41, 5.74) is 2.99. The number of nitrogens with one attached hydrogen (secondary N) is 1. The third kappa shape index (κ3) is 6.03. The summed E-state index contributed by atoms with van der Waals surface area (Å²) in [6.07, 6.45) is 0. The average molecular weight is 492 g/mol. The number of ether oxygens (including phenoxy) is 1. The maximum Gasteiger partial charge on any atom is 0.247 e. The van der Waals surface area contributed by atoms with E-state index in [9.17, 15) is 9.59 Å². The second kappa shape index (κ2) is 11.6. The maximum absolute atomic E-state index is 13.8. The van der Waals surface area contributed by atoms with E-state index in [-0.39, 0.29) is 24.9 Å². The van der Waals surface area contributed by atoms with E-state index in [1.165, 1.54) is 0 Å². The molecule has 8 nitrogen and oxygen atoms in total. The van der Waals surface area contributed by atoms with Crippen molar-refractivity contribution >= 4 is 34.4 Å². The van der Waals surface area contributed by atoms with Gasteiger partial charge in [0, 0.05) is 25.2 Å². The molecule has 1 aromatic heterocycles. The molecule has 1 heterocycles. The van der Waals surface area contributed by atoms with E-state index in [2.05, 4.69) is 15.6 Å². The number of fused-ring (bicyclic) bond motifs is 1. The molecule has 0 saturated carbocycles. The van der Waals surface area contributed by atoms with Gasteiger partial charge in [-0.25, -0.2) is 4.68 Å². The van der Waals surface area contributed by atoms with Gasteiger partial charge < -0.3 is 15.0 Å². The fourth-order valence-corrected chi connectivity index (χ4v) is 3.97. The summed E-state index contributed by atoms with van der Waals surface area (Å²) in [7, 11) is 1.57. The Kier molecular flexibility index (Phi) is 8.07. The molecule has 1 atom stereocenters. The second-order valence-electron chi connectivity index (χ2n) is 7.98. The summed E-state index contributed by atoms with van der Waals surface area (Å²) in [6, 6.07) is 23.1. The minimum absolute atomic E-state index is 0.0667. The lowest BCUT2D eigenvalue weighted by molar-refractivity contribution is -0.142. The number of nitrogens with zero attached hydrogens (tertiary/aromatic N) is 4. The molecule has 0 spiro atoms. The highest BCUT2D eigenvalue weighted by Crippen LogP contribution is 2.26. The maximum atomic E-state index is 13.8. The number of amides is 2. The number of carbonyl (C=O) groups excluding carboxylic acids is 2. The molecule has 180 valence electrons. The van der Waals surface area contributed by atoms with Gasteiger partial charge in [-0.2, -0.15) is 0 Å². The Morgan fingerprint density at radius 3 is 2.49 bits per heavy atom. The van der Waals surface area contributed by atoms with Crippen molar-refractivity contribution in [1.29, 1.82) is 0 Å². The minimum atomic E-state index is -0.883. The number of hydrogen-bond donors (Lipinski definition) is 1. The van der Waals surface area contributed by atoms with Crippen LogP contribution in [0.4, 0.5) is 0 Å². The van der Waals surface area contributed by atoms with E-state index in [4.69, 9.17) is 16.3 Å². The number of aromatic nitrogens is 3. The number of hydrogen-bond acceptors (Lipinski definition) is 5. The van der Waals surface area contributed by atoms with Crippen LogP contribution in [0.2, 0.25) is 5.02 Å². The van der Waals surface area contributed by atoms with Crippen molar-refractivity contribution in [1.82, 2.24) is 25.2 Å². The third-order valence-corrected chi connectivity index (χ3v) is 5.82. The van der Waals surface area contributed by atoms with Crippen LogP contribution in [0.3, 0.4) is 0 Å². The topological polar surface area (TPSA) is 89.4 Å². The van der Waals surface area contributed by atoms with Crippen LogP contribution in [0.1, 0.15) is 17.2 Å². The monoisotopic (exact) mass is 491 g/mol. The summed E-state index contributed by atoms with van der Waals surface area (Å²) in [4.78, 5) is 28.8. The summed E-state index contributed by atoms with van der Waals surface area (Å²) in [5, 5.41) is 11.7. The first-order chi connectivity index (χ1) is 17.1. The van der Waals surface area contributed by atoms with E-state index >= 15 is 0 Å². The first kappa shape index (κ1) is 24.4. The van der Waals surface area contributed by atoms with Crippen molar-refractivity contribution in [3.05, 3.63) is 95.0 Å². The Hall–Kier alpha value is -3.75. The fourth-order valence-electron chi connectivity index (χ4n) is 3.85. The fraction of sp³-hybridized carbons (Fsp3) is 0.231. The molecule has 0 bridgehead atoms. The van der Waals surface area contributed by atoms with E-state index in [0.29, 0.717) is 29.3 Å². The van der Waals surface area contributed by atoms with E-state index in [0.717, 1.165) is 11.1 Å². The third-order valence-electron chi connectivity index (χ3n) is 5.57. The van der Waals surface area contributed by atoms with Crippen LogP contribution in [-0.2, 0) is 27.4 Å². The average Bonchev–Trinajstić information content (AvgIpc) is 3.28. The van der Waals surface area contributed by atoms with Crippen molar-refractivity contribution in [2.45, 2.75) is 19.1 Å². The molecule has 35 heavy (non-hydrogen) atoms. The van der Waals surface area contributed by atoms with Gasteiger partial charge in [0.25, 0.3) is 0 Å². The Morgan fingerprint density at radius 1 is 1.03 bits per heavy atom. The molecule has 0 fully saturated rings. The predicted molar refractivity (Wildman–Crippen MR) is 134 cm³/mol. The summed E-state index contributed by atoms with van der Waals surface area (Å²) < 4.78 is 6.63. The molecule has 0 aliphatic rings. The van der Waals surface area contributed by atoms with Crippen LogP contribution >= 0.6 is 11.6 Å². The van der Waals surface area contributed by atoms with Crippen LogP contribution in [0.15, 0.2) is 78.9 Å². The van der Waals surface area contributed by atoms with Crippen molar-refractivity contribution in [2.24, 2.45) is 0 Å². The highest BCUT2D eigenvalue weighted by molar-refractivity contribution is 6.30. The molecular weight excluding hydrogens is 466 g/mol. The molecule has 0 radical (unpaired) electrons. The van der Waals surface area contributed by atoms with Gasteiger partial charge in [0.1, 0.15) is 18.1 Å². The molecule has 2 amide bonds. The number of benzene rings is 3. The second-order valence-corrected chi connectivity index (χ2v) is 8.42. The van der Waals surface area contributed by atoms with Crippen LogP contribution in [0.5, 0.6) is 0 Å². The van der Waals surface area contributed by atoms with Crippen molar-refractivity contribution in [3.8, 4) is 0 Å². The zero-order valence-corrected chi connectivity index (χ0v) is 20.1. The molecule has 1 N–H and O–H groups in total. The lowest BCUT2D eigenvalue weighted by Gasteiger charge is -2.31. The molecule has 9 heteroatoms. The van der Waals surface area contributed by atoms with E-state index in [1.54, 1.807) is 41.0 Å². The summed E-state index contributed by atoms with van der Waals surface area (Å²) >= 11 is 6.10.